The van der Waals surface area contributed by atoms with Gasteiger partial charge in [-0.1, -0.05) is 290 Å². The molecule has 462 valence electrons. The van der Waals surface area contributed by atoms with Crippen LogP contribution in [0.25, 0.3) is 0 Å². The molecule has 0 rings (SSSR count). The normalized spacial score (nSPS) is 12.9. The summed E-state index contributed by atoms with van der Waals surface area (Å²) in [6.07, 6.45) is 95.1. The van der Waals surface area contributed by atoms with E-state index < -0.39 is 6.10 Å². The Morgan fingerprint density at radius 1 is 0.259 bits per heavy atom. The third kappa shape index (κ3) is 66.5. The maximum absolute atomic E-state index is 12.9. The number of esters is 3. The highest BCUT2D eigenvalue weighted by molar-refractivity contribution is 5.71. The van der Waals surface area contributed by atoms with E-state index in [4.69, 9.17) is 14.2 Å². The molecule has 0 aliphatic carbocycles. The molecule has 0 aliphatic heterocycles. The van der Waals surface area contributed by atoms with Crippen molar-refractivity contribution in [3.8, 4) is 0 Å². The van der Waals surface area contributed by atoms with Crippen LogP contribution in [0.15, 0.2) is 122 Å². The number of carbonyl (C=O) groups excluding carboxylic acids is 3. The molecule has 0 heterocycles. The number of unbranched alkanes of at least 4 members (excludes halogenated alkanes) is 30. The molecular weight excluding hydrogens is 997 g/mol. The Morgan fingerprint density at radius 3 is 0.802 bits per heavy atom. The first-order valence-corrected chi connectivity index (χ1v) is 34.0. The van der Waals surface area contributed by atoms with E-state index in [1.165, 1.54) is 141 Å². The number of carbonyl (C=O) groups is 3. The molecule has 0 bridgehead atoms. The van der Waals surface area contributed by atoms with Crippen LogP contribution in [-0.4, -0.2) is 37.2 Å². The zero-order valence-electron chi connectivity index (χ0n) is 53.0. The second kappa shape index (κ2) is 68.3. The third-order valence-electron chi connectivity index (χ3n) is 14.4. The predicted octanol–water partition coefficient (Wildman–Crippen LogP) is 23.6. The average molecular weight is 1120 g/mol. The Kier molecular flexibility index (Phi) is 64.8. The summed E-state index contributed by atoms with van der Waals surface area (Å²) in [5.41, 5.74) is 0. The van der Waals surface area contributed by atoms with E-state index in [-0.39, 0.29) is 31.1 Å². The third-order valence-corrected chi connectivity index (χ3v) is 14.4. The van der Waals surface area contributed by atoms with Gasteiger partial charge in [0.05, 0.1) is 0 Å². The van der Waals surface area contributed by atoms with Gasteiger partial charge in [-0.05, 0) is 128 Å². The zero-order valence-corrected chi connectivity index (χ0v) is 53.0. The standard InChI is InChI=1S/C75H126O6/c1-4-7-10-13-16-19-22-25-28-29-30-31-32-33-34-35-36-37-38-39-40-41-42-43-44-45-46-47-48-51-53-56-59-62-65-68-74(77)80-71-72(81-75(78)69-66-63-60-57-54-50-27-24-21-18-15-12-9-6-3)70-79-73(76)67-64-61-58-55-52-49-26-23-20-17-14-11-8-5-2/h7,10,15-16,18-19,23-28,30-31,33-34,36-37,39-40,72H,4-6,8-9,11-14,17,20-22,29,32,35,38,41-71H2,1-3H3/b10-7-,18-15-,19-16-,26-23-,27-24-,28-25-,31-30-,34-33-,37-36-,40-39-. The first kappa shape index (κ1) is 76.8. The molecule has 1 unspecified atom stereocenters. The highest BCUT2D eigenvalue weighted by atomic mass is 16.6. The van der Waals surface area contributed by atoms with Gasteiger partial charge in [0, 0.05) is 19.3 Å². The summed E-state index contributed by atoms with van der Waals surface area (Å²) >= 11 is 0. The summed E-state index contributed by atoms with van der Waals surface area (Å²) < 4.78 is 16.9. The number of hydrogen-bond acceptors (Lipinski definition) is 6. The van der Waals surface area contributed by atoms with Crippen LogP contribution in [0.3, 0.4) is 0 Å². The van der Waals surface area contributed by atoms with Crippen LogP contribution < -0.4 is 0 Å². The van der Waals surface area contributed by atoms with Gasteiger partial charge in [0.25, 0.3) is 0 Å². The fraction of sp³-hybridized carbons (Fsp3) is 0.693. The number of rotatable bonds is 61. The predicted molar refractivity (Wildman–Crippen MR) is 353 cm³/mol. The topological polar surface area (TPSA) is 78.9 Å². The molecule has 0 aromatic heterocycles. The minimum absolute atomic E-state index is 0.0864. The van der Waals surface area contributed by atoms with Crippen LogP contribution in [0, 0.1) is 0 Å². The SMILES string of the molecule is CC/C=C\C/C=C\C/C=C\C/C=C\C/C=C\C/C=C\C/C=C\CCCCCCCCCCCCCCCC(=O)OCC(COC(=O)CCCCCCC/C=C\CCCCCCC)OC(=O)CCCCCCC/C=C\C/C=C\CCCC. The molecule has 0 N–H and O–H groups in total. The Labute approximate surface area is 501 Å². The van der Waals surface area contributed by atoms with Crippen molar-refractivity contribution in [2.45, 2.75) is 322 Å². The van der Waals surface area contributed by atoms with Gasteiger partial charge in [-0.25, -0.2) is 0 Å². The Morgan fingerprint density at radius 2 is 0.494 bits per heavy atom. The molecule has 0 spiro atoms. The summed E-state index contributed by atoms with van der Waals surface area (Å²) in [6, 6.07) is 0. The van der Waals surface area contributed by atoms with Gasteiger partial charge in [0.15, 0.2) is 6.10 Å². The fourth-order valence-electron chi connectivity index (χ4n) is 9.32. The minimum atomic E-state index is -0.791. The molecule has 0 radical (unpaired) electrons. The summed E-state index contributed by atoms with van der Waals surface area (Å²) in [4.78, 5) is 38.3. The molecule has 1 atom stereocenters. The van der Waals surface area contributed by atoms with Gasteiger partial charge < -0.3 is 14.2 Å². The summed E-state index contributed by atoms with van der Waals surface area (Å²) in [5.74, 6) is -0.903. The molecule has 0 aliphatic rings. The zero-order chi connectivity index (χ0) is 58.5. The molecule has 6 heteroatoms. The van der Waals surface area contributed by atoms with Gasteiger partial charge >= 0.3 is 17.9 Å². The van der Waals surface area contributed by atoms with Gasteiger partial charge in [-0.2, -0.15) is 0 Å². The van der Waals surface area contributed by atoms with Gasteiger partial charge in [-0.3, -0.25) is 14.4 Å². The van der Waals surface area contributed by atoms with E-state index in [1.54, 1.807) is 0 Å². The summed E-state index contributed by atoms with van der Waals surface area (Å²) in [5, 5.41) is 0. The highest BCUT2D eigenvalue weighted by Gasteiger charge is 2.19. The number of ether oxygens (including phenoxy) is 3. The smallest absolute Gasteiger partial charge is 0.306 e. The van der Waals surface area contributed by atoms with Crippen LogP contribution in [0.1, 0.15) is 316 Å². The molecule has 0 aromatic carbocycles. The van der Waals surface area contributed by atoms with E-state index in [9.17, 15) is 14.4 Å². The molecule has 0 amide bonds. The molecule has 6 nitrogen and oxygen atoms in total. The van der Waals surface area contributed by atoms with Crippen LogP contribution in [-0.2, 0) is 28.6 Å². The highest BCUT2D eigenvalue weighted by Crippen LogP contribution is 2.16. The minimum Gasteiger partial charge on any atom is -0.462 e. The largest absolute Gasteiger partial charge is 0.462 e. The molecule has 0 aromatic rings. The van der Waals surface area contributed by atoms with Crippen LogP contribution in [0.2, 0.25) is 0 Å². The van der Waals surface area contributed by atoms with E-state index in [0.717, 1.165) is 135 Å². The molecule has 81 heavy (non-hydrogen) atoms. The molecular formula is C75H126O6. The van der Waals surface area contributed by atoms with Crippen molar-refractivity contribution in [3.05, 3.63) is 122 Å². The lowest BCUT2D eigenvalue weighted by Gasteiger charge is -2.18. The Hall–Kier alpha value is -4.19. The average Bonchev–Trinajstić information content (AvgIpc) is 3.47. The summed E-state index contributed by atoms with van der Waals surface area (Å²) in [7, 11) is 0. The van der Waals surface area contributed by atoms with E-state index >= 15 is 0 Å². The van der Waals surface area contributed by atoms with Gasteiger partial charge in [0.2, 0.25) is 0 Å². The van der Waals surface area contributed by atoms with Crippen molar-refractivity contribution in [3.63, 3.8) is 0 Å². The second-order valence-corrected chi connectivity index (χ2v) is 22.3. The van der Waals surface area contributed by atoms with Crippen molar-refractivity contribution in [1.82, 2.24) is 0 Å². The lowest BCUT2D eigenvalue weighted by atomic mass is 10.0. The van der Waals surface area contributed by atoms with E-state index in [0.29, 0.717) is 19.3 Å². The van der Waals surface area contributed by atoms with Gasteiger partial charge in [-0.15, -0.1) is 0 Å². The van der Waals surface area contributed by atoms with Crippen LogP contribution in [0.4, 0.5) is 0 Å². The number of allylic oxidation sites excluding steroid dienone is 20. The lowest BCUT2D eigenvalue weighted by molar-refractivity contribution is -0.167. The number of hydrogen-bond donors (Lipinski definition) is 0. The van der Waals surface area contributed by atoms with Gasteiger partial charge in [0.1, 0.15) is 13.2 Å². The molecule has 0 saturated heterocycles. The molecule has 0 fully saturated rings. The van der Waals surface area contributed by atoms with Crippen molar-refractivity contribution < 1.29 is 28.6 Å². The first-order chi connectivity index (χ1) is 40.0. The first-order valence-electron chi connectivity index (χ1n) is 34.0. The van der Waals surface area contributed by atoms with E-state index in [1.807, 2.05) is 0 Å². The van der Waals surface area contributed by atoms with Crippen molar-refractivity contribution in [2.24, 2.45) is 0 Å². The Balaban J connectivity index is 4.19. The van der Waals surface area contributed by atoms with Crippen molar-refractivity contribution in [1.29, 1.82) is 0 Å². The maximum atomic E-state index is 12.9. The quantitative estimate of drug-likeness (QED) is 0.0261. The van der Waals surface area contributed by atoms with Crippen LogP contribution >= 0.6 is 0 Å². The van der Waals surface area contributed by atoms with Crippen LogP contribution in [0.5, 0.6) is 0 Å². The second-order valence-electron chi connectivity index (χ2n) is 22.3. The summed E-state index contributed by atoms with van der Waals surface area (Å²) in [6.45, 7) is 6.47. The van der Waals surface area contributed by atoms with E-state index in [2.05, 4.69) is 142 Å². The molecule has 0 saturated carbocycles. The fourth-order valence-corrected chi connectivity index (χ4v) is 9.32. The van der Waals surface area contributed by atoms with Crippen molar-refractivity contribution >= 4 is 17.9 Å². The maximum Gasteiger partial charge on any atom is 0.306 e. The lowest BCUT2D eigenvalue weighted by Crippen LogP contribution is -2.30. The monoisotopic (exact) mass is 1120 g/mol. The Bertz CT molecular complexity index is 1670. The van der Waals surface area contributed by atoms with Crippen molar-refractivity contribution in [2.75, 3.05) is 13.2 Å².